The van der Waals surface area contributed by atoms with Gasteiger partial charge in [-0.05, 0) is 13.0 Å². The predicted octanol–water partition coefficient (Wildman–Crippen LogP) is 0.419. The fourth-order valence-corrected chi connectivity index (χ4v) is 1.35. The molecule has 0 aliphatic rings. The lowest BCUT2D eigenvalue weighted by atomic mass is 10.2. The van der Waals surface area contributed by atoms with Crippen molar-refractivity contribution in [1.82, 2.24) is 9.66 Å². The molecule has 0 saturated carbocycles. The number of nitrogens with zero attached hydrogens (tertiary/aromatic N) is 2. The maximum absolute atomic E-state index is 11.2. The Morgan fingerprint density at radius 2 is 2.08 bits per heavy atom. The van der Waals surface area contributed by atoms with Gasteiger partial charge in [-0.2, -0.15) is 4.98 Å². The van der Waals surface area contributed by atoms with Crippen molar-refractivity contribution in [2.45, 2.75) is 6.92 Å². The molecule has 0 radical (unpaired) electrons. The lowest BCUT2D eigenvalue weighted by Gasteiger charge is -2.04. The van der Waals surface area contributed by atoms with Gasteiger partial charge in [0.25, 0.3) is 0 Å². The Balaban J connectivity index is 3.06. The van der Waals surface area contributed by atoms with E-state index >= 15 is 0 Å². The summed E-state index contributed by atoms with van der Waals surface area (Å²) in [6, 6.07) is 7.41. The van der Waals surface area contributed by atoms with Gasteiger partial charge >= 0.3 is 5.69 Å². The molecule has 13 heavy (non-hydrogen) atoms. The highest BCUT2D eigenvalue weighted by Gasteiger charge is 2.02. The molecule has 0 aliphatic carbocycles. The Morgan fingerprint density at radius 1 is 1.38 bits per heavy atom. The monoisotopic (exact) mass is 175 g/mol. The number of fused-ring (bicyclic) bond motifs is 1. The van der Waals surface area contributed by atoms with Gasteiger partial charge in [0.15, 0.2) is 0 Å². The minimum Gasteiger partial charge on any atom is -0.335 e. The van der Waals surface area contributed by atoms with Crippen LogP contribution in [0.4, 0.5) is 0 Å². The van der Waals surface area contributed by atoms with E-state index in [1.54, 1.807) is 13.0 Å². The first-order valence-electron chi connectivity index (χ1n) is 3.93. The van der Waals surface area contributed by atoms with Crippen LogP contribution in [0.1, 0.15) is 5.69 Å². The van der Waals surface area contributed by atoms with Gasteiger partial charge in [-0.1, -0.05) is 18.2 Å². The zero-order valence-electron chi connectivity index (χ0n) is 7.19. The molecule has 1 heterocycles. The van der Waals surface area contributed by atoms with E-state index in [4.69, 9.17) is 5.84 Å². The van der Waals surface area contributed by atoms with Gasteiger partial charge in [-0.3, -0.25) is 0 Å². The molecule has 0 saturated heterocycles. The maximum atomic E-state index is 11.2. The van der Waals surface area contributed by atoms with Crippen molar-refractivity contribution >= 4 is 10.9 Å². The van der Waals surface area contributed by atoms with Crippen molar-refractivity contribution in [2.24, 2.45) is 0 Å². The van der Waals surface area contributed by atoms with Crippen LogP contribution in [0.5, 0.6) is 0 Å². The van der Waals surface area contributed by atoms with Gasteiger partial charge in [-0.15, -0.1) is 0 Å². The Bertz CT molecular complexity index is 516. The molecule has 0 spiro atoms. The first-order valence-corrected chi connectivity index (χ1v) is 3.93. The molecule has 0 fully saturated rings. The normalized spacial score (nSPS) is 10.5. The number of para-hydroxylation sites is 1. The van der Waals surface area contributed by atoms with E-state index in [9.17, 15) is 4.79 Å². The molecule has 0 amide bonds. The summed E-state index contributed by atoms with van der Waals surface area (Å²) in [6.45, 7) is 1.80. The van der Waals surface area contributed by atoms with Crippen LogP contribution >= 0.6 is 0 Å². The van der Waals surface area contributed by atoms with Crippen LogP contribution in [-0.2, 0) is 0 Å². The highest BCUT2D eigenvalue weighted by atomic mass is 16.1. The minimum atomic E-state index is -0.420. The van der Waals surface area contributed by atoms with Crippen LogP contribution in [0, 0.1) is 6.92 Å². The third kappa shape index (κ3) is 1.07. The summed E-state index contributed by atoms with van der Waals surface area (Å²) in [5.41, 5.74) is 0.999. The summed E-state index contributed by atoms with van der Waals surface area (Å²) >= 11 is 0. The third-order valence-electron chi connectivity index (χ3n) is 2.02. The topological polar surface area (TPSA) is 60.9 Å². The minimum absolute atomic E-state index is 0.420. The molecule has 4 heteroatoms. The van der Waals surface area contributed by atoms with Gasteiger partial charge in [0, 0.05) is 5.39 Å². The molecule has 2 rings (SSSR count). The third-order valence-corrected chi connectivity index (χ3v) is 2.02. The summed E-state index contributed by atoms with van der Waals surface area (Å²) in [5.74, 6) is 5.53. The molecule has 0 aliphatic heterocycles. The van der Waals surface area contributed by atoms with Crippen molar-refractivity contribution < 1.29 is 0 Å². The second kappa shape index (κ2) is 2.58. The fourth-order valence-electron chi connectivity index (χ4n) is 1.35. The van der Waals surface area contributed by atoms with Crippen LogP contribution in [0.15, 0.2) is 29.1 Å². The van der Waals surface area contributed by atoms with E-state index in [0.717, 1.165) is 10.1 Å². The fraction of sp³-hybridized carbons (Fsp3) is 0.111. The van der Waals surface area contributed by atoms with Gasteiger partial charge < -0.3 is 5.84 Å². The number of benzene rings is 1. The van der Waals surface area contributed by atoms with Crippen LogP contribution in [0.3, 0.4) is 0 Å². The number of nitrogen functional groups attached to an aromatic ring is 1. The molecule has 2 N–H and O–H groups in total. The summed E-state index contributed by atoms with van der Waals surface area (Å²) in [4.78, 5) is 15.0. The quantitative estimate of drug-likeness (QED) is 0.590. The lowest BCUT2D eigenvalue weighted by Crippen LogP contribution is -2.30. The van der Waals surface area contributed by atoms with Gasteiger partial charge in [-0.25, -0.2) is 9.47 Å². The second-order valence-electron chi connectivity index (χ2n) is 2.87. The summed E-state index contributed by atoms with van der Waals surface area (Å²) in [7, 11) is 0. The molecule has 0 atom stereocenters. The zero-order chi connectivity index (χ0) is 9.42. The van der Waals surface area contributed by atoms with Crippen molar-refractivity contribution in [2.75, 3.05) is 5.84 Å². The van der Waals surface area contributed by atoms with Crippen LogP contribution in [0.2, 0.25) is 0 Å². The van der Waals surface area contributed by atoms with E-state index in [1.165, 1.54) is 0 Å². The molecule has 1 aromatic heterocycles. The average molecular weight is 175 g/mol. The molecule has 4 nitrogen and oxygen atoms in total. The Morgan fingerprint density at radius 3 is 2.85 bits per heavy atom. The van der Waals surface area contributed by atoms with Crippen molar-refractivity contribution in [1.29, 1.82) is 0 Å². The molecule has 0 unspecified atom stereocenters. The number of hydrogen-bond acceptors (Lipinski definition) is 3. The van der Waals surface area contributed by atoms with Crippen molar-refractivity contribution in [3.63, 3.8) is 0 Å². The largest absolute Gasteiger partial charge is 0.366 e. The maximum Gasteiger partial charge on any atom is 0.366 e. The van der Waals surface area contributed by atoms with Crippen LogP contribution in [0.25, 0.3) is 10.9 Å². The smallest absolute Gasteiger partial charge is 0.335 e. The summed E-state index contributed by atoms with van der Waals surface area (Å²) in [5, 5.41) is 0.907. The standard InChI is InChI=1S/C9H9N3O/c1-6-7-4-2-3-5-8(7)12(10)9(13)11-6/h2-5H,10H2,1H3. The molecular formula is C9H9N3O. The number of nitrogens with two attached hydrogens (primary N) is 1. The van der Waals surface area contributed by atoms with Gasteiger partial charge in [0.1, 0.15) is 0 Å². The lowest BCUT2D eigenvalue weighted by molar-refractivity contribution is 0.901. The first kappa shape index (κ1) is 7.79. The highest BCUT2D eigenvalue weighted by Crippen LogP contribution is 2.11. The molecule has 2 aromatic rings. The summed E-state index contributed by atoms with van der Waals surface area (Å²) < 4.78 is 1.06. The van der Waals surface area contributed by atoms with E-state index in [2.05, 4.69) is 4.98 Å². The highest BCUT2D eigenvalue weighted by molar-refractivity contribution is 5.80. The molecule has 1 aromatic carbocycles. The van der Waals surface area contributed by atoms with Crippen molar-refractivity contribution in [3.8, 4) is 0 Å². The molecule has 0 bridgehead atoms. The molecular weight excluding hydrogens is 166 g/mol. The first-order chi connectivity index (χ1) is 6.20. The summed E-state index contributed by atoms with van der Waals surface area (Å²) in [6.07, 6.45) is 0. The Hall–Kier alpha value is -1.84. The second-order valence-corrected chi connectivity index (χ2v) is 2.87. The SMILES string of the molecule is Cc1nc(=O)n(N)c2ccccc12. The van der Waals surface area contributed by atoms with Gasteiger partial charge in [0.05, 0.1) is 11.2 Å². The number of aryl methyl sites for hydroxylation is 1. The van der Waals surface area contributed by atoms with E-state index in [-0.39, 0.29) is 0 Å². The van der Waals surface area contributed by atoms with E-state index in [0.29, 0.717) is 11.2 Å². The molecule has 66 valence electrons. The number of aromatic nitrogens is 2. The van der Waals surface area contributed by atoms with Crippen LogP contribution in [-0.4, -0.2) is 9.66 Å². The zero-order valence-corrected chi connectivity index (χ0v) is 7.19. The van der Waals surface area contributed by atoms with E-state index < -0.39 is 5.69 Å². The number of hydrogen-bond donors (Lipinski definition) is 1. The Kier molecular flexibility index (Phi) is 1.55. The van der Waals surface area contributed by atoms with E-state index in [1.807, 2.05) is 18.2 Å². The van der Waals surface area contributed by atoms with Crippen LogP contribution < -0.4 is 11.5 Å². The Labute approximate surface area is 74.6 Å². The predicted molar refractivity (Wildman–Crippen MR) is 50.9 cm³/mol. The van der Waals surface area contributed by atoms with Crippen molar-refractivity contribution in [3.05, 3.63) is 40.4 Å². The average Bonchev–Trinajstić information content (AvgIpc) is 2.15. The van der Waals surface area contributed by atoms with Gasteiger partial charge in [0.2, 0.25) is 0 Å². The number of rotatable bonds is 0.